The summed E-state index contributed by atoms with van der Waals surface area (Å²) in [5, 5.41) is 0. The van der Waals surface area contributed by atoms with Crippen molar-refractivity contribution in [1.29, 1.82) is 0 Å². The van der Waals surface area contributed by atoms with Crippen LogP contribution >= 0.6 is 0 Å². The van der Waals surface area contributed by atoms with Gasteiger partial charge in [0.1, 0.15) is 0 Å². The number of aromatic nitrogens is 4. The minimum absolute atomic E-state index is 0.214. The molecule has 0 bridgehead atoms. The zero-order chi connectivity index (χ0) is 22.8. The van der Waals surface area contributed by atoms with Crippen LogP contribution < -0.4 is 16.1 Å². The van der Waals surface area contributed by atoms with E-state index in [0.717, 1.165) is 44.0 Å². The van der Waals surface area contributed by atoms with E-state index in [1.807, 2.05) is 10.6 Å². The van der Waals surface area contributed by atoms with Gasteiger partial charge in [0.25, 0.3) is 5.56 Å². The molecule has 1 unspecified atom stereocenters. The molecule has 172 valence electrons. The first-order chi connectivity index (χ1) is 15.4. The van der Waals surface area contributed by atoms with Gasteiger partial charge < -0.3 is 9.47 Å². The van der Waals surface area contributed by atoms with E-state index >= 15 is 0 Å². The molecule has 1 aliphatic rings. The summed E-state index contributed by atoms with van der Waals surface area (Å²) in [7, 11) is 1.72. The average Bonchev–Trinajstić information content (AvgIpc) is 3.15. The van der Waals surface area contributed by atoms with Gasteiger partial charge in [0.2, 0.25) is 5.95 Å². The second-order valence-corrected chi connectivity index (χ2v) is 9.32. The minimum Gasteiger partial charge on any atom is -0.312 e. The van der Waals surface area contributed by atoms with Gasteiger partial charge in [-0.2, -0.15) is 4.98 Å². The SMILES string of the molecule is CCCCCCCCn1c(=O)c2c(nc3n2CC(C)CN3c2cccc(C)c2)n(C)c1=O. The monoisotopic (exact) mass is 437 g/mol. The Morgan fingerprint density at radius 1 is 1.06 bits per heavy atom. The summed E-state index contributed by atoms with van der Waals surface area (Å²) in [5.41, 5.74) is 2.76. The number of hydrogen-bond donors (Lipinski definition) is 0. The molecule has 0 fully saturated rings. The Kier molecular flexibility index (Phi) is 6.53. The number of anilines is 2. The second kappa shape index (κ2) is 9.35. The Balaban J connectivity index is 1.74. The Hall–Kier alpha value is -2.83. The molecule has 7 heteroatoms. The van der Waals surface area contributed by atoms with Crippen LogP contribution in [0.5, 0.6) is 0 Å². The van der Waals surface area contributed by atoms with Gasteiger partial charge in [0.15, 0.2) is 11.2 Å². The van der Waals surface area contributed by atoms with Crippen LogP contribution in [-0.4, -0.2) is 25.2 Å². The molecule has 3 heterocycles. The van der Waals surface area contributed by atoms with Gasteiger partial charge in [-0.15, -0.1) is 0 Å². The van der Waals surface area contributed by atoms with E-state index in [-0.39, 0.29) is 11.2 Å². The highest BCUT2D eigenvalue weighted by atomic mass is 16.2. The number of rotatable bonds is 8. The number of hydrogen-bond acceptors (Lipinski definition) is 4. The number of unbranched alkanes of at least 4 members (excludes halogenated alkanes) is 5. The molecule has 0 saturated carbocycles. The highest BCUT2D eigenvalue weighted by Crippen LogP contribution is 2.33. The van der Waals surface area contributed by atoms with E-state index in [2.05, 4.69) is 43.9 Å². The highest BCUT2D eigenvalue weighted by molar-refractivity contribution is 5.77. The number of aryl methyl sites for hydroxylation is 2. The summed E-state index contributed by atoms with van der Waals surface area (Å²) >= 11 is 0. The van der Waals surface area contributed by atoms with Gasteiger partial charge in [-0.25, -0.2) is 4.79 Å². The second-order valence-electron chi connectivity index (χ2n) is 9.32. The predicted molar refractivity (Wildman–Crippen MR) is 130 cm³/mol. The van der Waals surface area contributed by atoms with Crippen LogP contribution in [0.4, 0.5) is 11.6 Å². The van der Waals surface area contributed by atoms with Crippen molar-refractivity contribution in [3.63, 3.8) is 0 Å². The maximum Gasteiger partial charge on any atom is 0.332 e. The van der Waals surface area contributed by atoms with Crippen LogP contribution in [0.3, 0.4) is 0 Å². The van der Waals surface area contributed by atoms with Crippen molar-refractivity contribution in [2.45, 2.75) is 72.4 Å². The van der Waals surface area contributed by atoms with Crippen molar-refractivity contribution in [3.05, 3.63) is 50.7 Å². The van der Waals surface area contributed by atoms with Crippen molar-refractivity contribution in [2.24, 2.45) is 13.0 Å². The van der Waals surface area contributed by atoms with Crippen LogP contribution in [0.25, 0.3) is 11.2 Å². The van der Waals surface area contributed by atoms with Crippen molar-refractivity contribution in [3.8, 4) is 0 Å². The first kappa shape index (κ1) is 22.4. The third-order valence-corrected chi connectivity index (χ3v) is 6.49. The first-order valence-corrected chi connectivity index (χ1v) is 12.0. The maximum atomic E-state index is 13.5. The lowest BCUT2D eigenvalue weighted by Gasteiger charge is -2.33. The molecular formula is C25H35N5O2. The molecule has 0 spiro atoms. The smallest absolute Gasteiger partial charge is 0.312 e. The molecule has 0 radical (unpaired) electrons. The summed E-state index contributed by atoms with van der Waals surface area (Å²) in [6, 6.07) is 8.33. The van der Waals surface area contributed by atoms with Gasteiger partial charge >= 0.3 is 5.69 Å². The van der Waals surface area contributed by atoms with Gasteiger partial charge in [-0.1, -0.05) is 58.1 Å². The van der Waals surface area contributed by atoms with E-state index < -0.39 is 0 Å². The largest absolute Gasteiger partial charge is 0.332 e. The Morgan fingerprint density at radius 2 is 1.81 bits per heavy atom. The third-order valence-electron chi connectivity index (χ3n) is 6.49. The average molecular weight is 438 g/mol. The molecule has 3 aromatic rings. The predicted octanol–water partition coefficient (Wildman–Crippen LogP) is 4.35. The van der Waals surface area contributed by atoms with Crippen molar-refractivity contribution >= 4 is 22.8 Å². The molecule has 0 amide bonds. The minimum atomic E-state index is -0.276. The molecule has 4 rings (SSSR count). The van der Waals surface area contributed by atoms with Crippen molar-refractivity contribution in [1.82, 2.24) is 18.7 Å². The molecule has 1 aliphatic heterocycles. The van der Waals surface area contributed by atoms with Gasteiger partial charge in [0.05, 0.1) is 0 Å². The quantitative estimate of drug-likeness (QED) is 0.492. The molecule has 32 heavy (non-hydrogen) atoms. The Labute approximate surface area is 189 Å². The molecule has 7 nitrogen and oxygen atoms in total. The topological polar surface area (TPSA) is 65.1 Å². The van der Waals surface area contributed by atoms with E-state index in [1.165, 1.54) is 34.0 Å². The van der Waals surface area contributed by atoms with Crippen LogP contribution in [-0.2, 0) is 20.1 Å². The molecule has 2 aromatic heterocycles. The highest BCUT2D eigenvalue weighted by Gasteiger charge is 2.29. The fourth-order valence-electron chi connectivity index (χ4n) is 4.77. The number of fused-ring (bicyclic) bond motifs is 3. The van der Waals surface area contributed by atoms with E-state index in [0.29, 0.717) is 23.6 Å². The lowest BCUT2D eigenvalue weighted by atomic mass is 10.1. The fourth-order valence-corrected chi connectivity index (χ4v) is 4.77. The summed E-state index contributed by atoms with van der Waals surface area (Å²) in [6.45, 7) is 8.47. The molecule has 0 aliphatic carbocycles. The Bertz CT molecular complexity index is 1220. The molecule has 1 atom stereocenters. The lowest BCUT2D eigenvalue weighted by molar-refractivity contribution is 0.457. The zero-order valence-corrected chi connectivity index (χ0v) is 19.8. The normalized spacial score (nSPS) is 16.0. The molecule has 0 saturated heterocycles. The third kappa shape index (κ3) is 4.12. The molecular weight excluding hydrogens is 402 g/mol. The van der Waals surface area contributed by atoms with E-state index in [1.54, 1.807) is 7.05 Å². The first-order valence-electron chi connectivity index (χ1n) is 12.0. The number of nitrogens with zero attached hydrogens (tertiary/aromatic N) is 5. The number of benzene rings is 1. The van der Waals surface area contributed by atoms with Crippen LogP contribution in [0, 0.1) is 12.8 Å². The molecule has 0 N–H and O–H groups in total. The van der Waals surface area contributed by atoms with Gasteiger partial charge in [0, 0.05) is 32.4 Å². The van der Waals surface area contributed by atoms with Gasteiger partial charge in [-0.05, 0) is 37.0 Å². The summed E-state index contributed by atoms with van der Waals surface area (Å²) in [4.78, 5) is 33.5. The molecule has 1 aromatic carbocycles. The fraction of sp³-hybridized carbons (Fsp3) is 0.560. The van der Waals surface area contributed by atoms with E-state index in [4.69, 9.17) is 4.98 Å². The van der Waals surface area contributed by atoms with Gasteiger partial charge in [-0.3, -0.25) is 13.9 Å². The van der Waals surface area contributed by atoms with E-state index in [9.17, 15) is 9.59 Å². The van der Waals surface area contributed by atoms with Crippen LogP contribution in [0.15, 0.2) is 33.9 Å². The lowest BCUT2D eigenvalue weighted by Crippen LogP contribution is -2.40. The van der Waals surface area contributed by atoms with Crippen molar-refractivity contribution < 1.29 is 0 Å². The van der Waals surface area contributed by atoms with Crippen LogP contribution in [0.2, 0.25) is 0 Å². The van der Waals surface area contributed by atoms with Crippen molar-refractivity contribution in [2.75, 3.05) is 11.4 Å². The number of imidazole rings is 1. The summed E-state index contributed by atoms with van der Waals surface area (Å²) < 4.78 is 4.97. The zero-order valence-electron chi connectivity index (χ0n) is 19.8. The Morgan fingerprint density at radius 3 is 2.56 bits per heavy atom. The summed E-state index contributed by atoms with van der Waals surface area (Å²) in [5.74, 6) is 1.09. The standard InChI is InChI=1S/C25H35N5O2/c1-5-6-7-8-9-10-14-28-23(31)21-22(27(4)25(28)32)26-24-29(16-19(3)17-30(21)24)20-13-11-12-18(2)15-20/h11-13,15,19H,5-10,14,16-17H2,1-4H3. The van der Waals surface area contributed by atoms with Crippen LogP contribution in [0.1, 0.15) is 57.9 Å². The maximum absolute atomic E-state index is 13.5. The summed E-state index contributed by atoms with van der Waals surface area (Å²) in [6.07, 6.45) is 6.70.